The van der Waals surface area contributed by atoms with Crippen LogP contribution in [0.3, 0.4) is 0 Å². The molecule has 1 heterocycles. The van der Waals surface area contributed by atoms with Gasteiger partial charge in [-0.05, 0) is 37.3 Å². The molecular weight excluding hydrogens is 245 g/mol. The van der Waals surface area contributed by atoms with Crippen LogP contribution in [0.4, 0.5) is 13.2 Å². The first-order valence-electron chi connectivity index (χ1n) is 5.26. The van der Waals surface area contributed by atoms with Crippen molar-refractivity contribution in [2.45, 2.75) is 19.7 Å². The van der Waals surface area contributed by atoms with Crippen molar-refractivity contribution in [2.24, 2.45) is 0 Å². The Bertz CT molecular complexity index is 543. The normalized spacial score (nSPS) is 11.8. The van der Waals surface area contributed by atoms with Crippen LogP contribution in [0.1, 0.15) is 17.0 Å². The van der Waals surface area contributed by atoms with Crippen molar-refractivity contribution in [3.8, 4) is 5.69 Å². The molecule has 96 valence electrons. The van der Waals surface area contributed by atoms with Crippen LogP contribution in [-0.4, -0.2) is 14.9 Å². The van der Waals surface area contributed by atoms with E-state index in [1.807, 2.05) is 0 Å². The van der Waals surface area contributed by atoms with E-state index in [2.05, 4.69) is 5.10 Å². The molecule has 0 aliphatic heterocycles. The van der Waals surface area contributed by atoms with E-state index in [0.717, 1.165) is 17.8 Å². The Morgan fingerprint density at radius 1 is 1.22 bits per heavy atom. The maximum atomic E-state index is 12.4. The number of alkyl halides is 3. The first kappa shape index (κ1) is 12.6. The number of aliphatic hydroxyl groups excluding tert-OH is 1. The summed E-state index contributed by atoms with van der Waals surface area (Å²) in [5.74, 6) is 0. The van der Waals surface area contributed by atoms with Gasteiger partial charge in [0.2, 0.25) is 0 Å². The first-order valence-corrected chi connectivity index (χ1v) is 5.26. The Morgan fingerprint density at radius 3 is 2.28 bits per heavy atom. The molecule has 0 aliphatic rings. The van der Waals surface area contributed by atoms with Crippen molar-refractivity contribution in [3.05, 3.63) is 47.3 Å². The molecule has 0 fully saturated rings. The van der Waals surface area contributed by atoms with Gasteiger partial charge >= 0.3 is 6.18 Å². The molecule has 2 rings (SSSR count). The van der Waals surface area contributed by atoms with Crippen LogP contribution >= 0.6 is 0 Å². The van der Waals surface area contributed by atoms with Gasteiger partial charge in [-0.15, -0.1) is 0 Å². The van der Waals surface area contributed by atoms with Gasteiger partial charge in [-0.25, -0.2) is 4.68 Å². The molecule has 1 aromatic carbocycles. The number of hydrogen-bond donors (Lipinski definition) is 1. The summed E-state index contributed by atoms with van der Waals surface area (Å²) >= 11 is 0. The number of rotatable bonds is 2. The van der Waals surface area contributed by atoms with E-state index in [4.69, 9.17) is 5.11 Å². The average Bonchev–Trinajstić information content (AvgIpc) is 2.70. The van der Waals surface area contributed by atoms with Crippen molar-refractivity contribution < 1.29 is 18.3 Å². The first-order chi connectivity index (χ1) is 8.41. The predicted octanol–water partition coefficient (Wildman–Crippen LogP) is 2.69. The van der Waals surface area contributed by atoms with E-state index in [9.17, 15) is 13.2 Å². The standard InChI is InChI=1S/C12H11F3N2O/c1-8-6-10(7-18)16-17(8)11-4-2-9(3-5-11)12(13,14)15/h2-6,18H,7H2,1H3. The molecule has 0 saturated heterocycles. The highest BCUT2D eigenvalue weighted by atomic mass is 19.4. The van der Waals surface area contributed by atoms with Gasteiger partial charge in [0.25, 0.3) is 0 Å². The number of nitrogens with zero attached hydrogens (tertiary/aromatic N) is 2. The quantitative estimate of drug-likeness (QED) is 0.897. The van der Waals surface area contributed by atoms with E-state index in [0.29, 0.717) is 11.4 Å². The second kappa shape index (κ2) is 4.45. The van der Waals surface area contributed by atoms with Crippen molar-refractivity contribution in [2.75, 3.05) is 0 Å². The Balaban J connectivity index is 2.37. The summed E-state index contributed by atoms with van der Waals surface area (Å²) in [6.07, 6.45) is -4.34. The number of aromatic nitrogens is 2. The Morgan fingerprint density at radius 2 is 1.83 bits per heavy atom. The molecule has 2 aromatic rings. The van der Waals surface area contributed by atoms with E-state index in [1.165, 1.54) is 16.8 Å². The number of aryl methyl sites for hydroxylation is 1. The molecule has 0 amide bonds. The lowest BCUT2D eigenvalue weighted by molar-refractivity contribution is -0.137. The molecule has 0 unspecified atom stereocenters. The van der Waals surface area contributed by atoms with Crippen LogP contribution in [0.15, 0.2) is 30.3 Å². The van der Waals surface area contributed by atoms with Gasteiger partial charge in [0.15, 0.2) is 0 Å². The van der Waals surface area contributed by atoms with Gasteiger partial charge in [0, 0.05) is 5.69 Å². The van der Waals surface area contributed by atoms with Crippen LogP contribution in [0.25, 0.3) is 5.69 Å². The number of hydrogen-bond acceptors (Lipinski definition) is 2. The van der Waals surface area contributed by atoms with Crippen molar-refractivity contribution in [1.82, 2.24) is 9.78 Å². The minimum atomic E-state index is -4.34. The molecule has 0 spiro atoms. The fraction of sp³-hybridized carbons (Fsp3) is 0.250. The summed E-state index contributed by atoms with van der Waals surface area (Å²) in [5, 5.41) is 13.0. The van der Waals surface area contributed by atoms with Crippen molar-refractivity contribution in [1.29, 1.82) is 0 Å². The minimum absolute atomic E-state index is 0.200. The van der Waals surface area contributed by atoms with E-state index < -0.39 is 11.7 Å². The highest BCUT2D eigenvalue weighted by Crippen LogP contribution is 2.29. The van der Waals surface area contributed by atoms with Crippen molar-refractivity contribution in [3.63, 3.8) is 0 Å². The van der Waals surface area contributed by atoms with Crippen LogP contribution in [0.2, 0.25) is 0 Å². The van der Waals surface area contributed by atoms with Crippen LogP contribution in [0.5, 0.6) is 0 Å². The van der Waals surface area contributed by atoms with E-state index in [-0.39, 0.29) is 6.61 Å². The molecule has 0 bridgehead atoms. The monoisotopic (exact) mass is 256 g/mol. The van der Waals surface area contributed by atoms with E-state index in [1.54, 1.807) is 13.0 Å². The zero-order valence-electron chi connectivity index (χ0n) is 9.57. The third-order valence-corrected chi connectivity index (χ3v) is 2.54. The maximum absolute atomic E-state index is 12.4. The zero-order chi connectivity index (χ0) is 13.3. The predicted molar refractivity (Wildman–Crippen MR) is 59.2 cm³/mol. The smallest absolute Gasteiger partial charge is 0.390 e. The fourth-order valence-electron chi connectivity index (χ4n) is 1.67. The van der Waals surface area contributed by atoms with Gasteiger partial charge in [-0.1, -0.05) is 0 Å². The molecule has 0 aliphatic carbocycles. The van der Waals surface area contributed by atoms with Crippen molar-refractivity contribution >= 4 is 0 Å². The highest BCUT2D eigenvalue weighted by molar-refractivity contribution is 5.36. The molecular formula is C12H11F3N2O. The molecule has 6 heteroatoms. The van der Waals surface area contributed by atoms with Gasteiger partial charge < -0.3 is 5.11 Å². The SMILES string of the molecule is Cc1cc(CO)nn1-c1ccc(C(F)(F)F)cc1. The Kier molecular flexibility index (Phi) is 3.13. The third kappa shape index (κ3) is 2.38. The number of benzene rings is 1. The van der Waals surface area contributed by atoms with Crippen LogP contribution in [0, 0.1) is 6.92 Å². The molecule has 3 nitrogen and oxygen atoms in total. The minimum Gasteiger partial charge on any atom is -0.390 e. The molecule has 0 saturated carbocycles. The van der Waals surface area contributed by atoms with Gasteiger partial charge in [-0.2, -0.15) is 18.3 Å². The summed E-state index contributed by atoms with van der Waals surface area (Å²) in [5.41, 5.74) is 1.06. The summed E-state index contributed by atoms with van der Waals surface area (Å²) in [6.45, 7) is 1.57. The van der Waals surface area contributed by atoms with Crippen LogP contribution in [-0.2, 0) is 12.8 Å². The highest BCUT2D eigenvalue weighted by Gasteiger charge is 2.30. The maximum Gasteiger partial charge on any atom is 0.416 e. The summed E-state index contributed by atoms with van der Waals surface area (Å²) in [4.78, 5) is 0. The summed E-state index contributed by atoms with van der Waals surface area (Å²) in [6, 6.07) is 6.40. The zero-order valence-corrected chi connectivity index (χ0v) is 9.57. The molecule has 18 heavy (non-hydrogen) atoms. The lowest BCUT2D eigenvalue weighted by atomic mass is 10.2. The molecule has 0 radical (unpaired) electrons. The second-order valence-corrected chi connectivity index (χ2v) is 3.89. The van der Waals surface area contributed by atoms with Gasteiger partial charge in [0.05, 0.1) is 23.6 Å². The summed E-state index contributed by atoms with van der Waals surface area (Å²) < 4.78 is 38.7. The Labute approximate surface area is 101 Å². The Hall–Kier alpha value is -1.82. The van der Waals surface area contributed by atoms with E-state index >= 15 is 0 Å². The number of halogens is 3. The third-order valence-electron chi connectivity index (χ3n) is 2.54. The molecule has 1 aromatic heterocycles. The average molecular weight is 256 g/mol. The topological polar surface area (TPSA) is 38.1 Å². The largest absolute Gasteiger partial charge is 0.416 e. The number of aliphatic hydroxyl groups is 1. The van der Waals surface area contributed by atoms with Gasteiger partial charge in [-0.3, -0.25) is 0 Å². The van der Waals surface area contributed by atoms with Crippen LogP contribution < -0.4 is 0 Å². The lowest BCUT2D eigenvalue weighted by Crippen LogP contribution is -2.06. The molecule has 1 N–H and O–H groups in total. The molecule has 0 atom stereocenters. The second-order valence-electron chi connectivity index (χ2n) is 3.89. The fourth-order valence-corrected chi connectivity index (χ4v) is 1.67. The van der Waals surface area contributed by atoms with Gasteiger partial charge in [0.1, 0.15) is 0 Å². The lowest BCUT2D eigenvalue weighted by Gasteiger charge is -2.08. The summed E-state index contributed by atoms with van der Waals surface area (Å²) in [7, 11) is 0.